The van der Waals surface area contributed by atoms with Gasteiger partial charge in [0, 0.05) is 31.3 Å². The molecule has 3 N–H and O–H groups in total. The number of nitrogens with zero attached hydrogens (tertiary/aromatic N) is 4. The highest BCUT2D eigenvalue weighted by Crippen LogP contribution is 2.26. The minimum Gasteiger partial charge on any atom is -0.409 e. The summed E-state index contributed by atoms with van der Waals surface area (Å²) in [6, 6.07) is 0. The summed E-state index contributed by atoms with van der Waals surface area (Å²) in [4.78, 5) is 10.6. The molecule has 1 aliphatic carbocycles. The van der Waals surface area contributed by atoms with Gasteiger partial charge >= 0.3 is 0 Å². The molecule has 6 heteroatoms. The van der Waals surface area contributed by atoms with E-state index in [9.17, 15) is 0 Å². The Balaban J connectivity index is 2.09. The zero-order valence-electron chi connectivity index (χ0n) is 9.93. The lowest BCUT2D eigenvalue weighted by atomic mass is 10.2. The molecule has 92 valence electrons. The molecule has 0 spiro atoms. The number of amidine groups is 1. The van der Waals surface area contributed by atoms with E-state index in [0.29, 0.717) is 13.0 Å². The van der Waals surface area contributed by atoms with E-state index < -0.39 is 0 Å². The Kier molecular flexibility index (Phi) is 3.41. The van der Waals surface area contributed by atoms with E-state index in [4.69, 9.17) is 10.9 Å². The molecule has 0 unspecified atom stereocenters. The topological polar surface area (TPSA) is 87.6 Å². The standard InChI is InChI=1S/C11H17N5O/c1-16(6-5-10(12)15-17)11-8-3-2-4-9(8)13-7-14-11/h7,17H,2-6H2,1H3,(H2,12,15). The van der Waals surface area contributed by atoms with Crippen LogP contribution in [0, 0.1) is 0 Å². The van der Waals surface area contributed by atoms with Crippen LogP contribution < -0.4 is 10.6 Å². The van der Waals surface area contributed by atoms with Crippen molar-refractivity contribution in [2.24, 2.45) is 10.9 Å². The van der Waals surface area contributed by atoms with E-state index in [0.717, 1.165) is 30.8 Å². The van der Waals surface area contributed by atoms with Crippen molar-refractivity contribution in [2.45, 2.75) is 25.7 Å². The van der Waals surface area contributed by atoms with Gasteiger partial charge in [0.1, 0.15) is 18.0 Å². The van der Waals surface area contributed by atoms with Gasteiger partial charge in [0.2, 0.25) is 0 Å². The second kappa shape index (κ2) is 4.99. The van der Waals surface area contributed by atoms with Crippen LogP contribution in [0.2, 0.25) is 0 Å². The maximum absolute atomic E-state index is 8.49. The molecule has 6 nitrogen and oxygen atoms in total. The van der Waals surface area contributed by atoms with Gasteiger partial charge in [-0.15, -0.1) is 0 Å². The first-order valence-electron chi connectivity index (χ1n) is 5.72. The summed E-state index contributed by atoms with van der Waals surface area (Å²) >= 11 is 0. The molecule has 0 aromatic carbocycles. The fourth-order valence-electron chi connectivity index (χ4n) is 2.11. The molecule has 1 aromatic heterocycles. The fourth-order valence-corrected chi connectivity index (χ4v) is 2.11. The maximum Gasteiger partial charge on any atom is 0.140 e. The van der Waals surface area contributed by atoms with Crippen LogP contribution in [0.5, 0.6) is 0 Å². The van der Waals surface area contributed by atoms with E-state index in [-0.39, 0.29) is 5.84 Å². The summed E-state index contributed by atoms with van der Waals surface area (Å²) in [6.45, 7) is 0.680. The van der Waals surface area contributed by atoms with Crippen LogP contribution in [0.3, 0.4) is 0 Å². The quantitative estimate of drug-likeness (QED) is 0.344. The Morgan fingerprint density at radius 3 is 3.12 bits per heavy atom. The molecule has 0 aliphatic heterocycles. The van der Waals surface area contributed by atoms with Crippen LogP contribution in [-0.4, -0.2) is 34.6 Å². The summed E-state index contributed by atoms with van der Waals surface area (Å²) in [6.07, 6.45) is 5.36. The molecular formula is C11H17N5O. The fraction of sp³-hybridized carbons (Fsp3) is 0.545. The zero-order chi connectivity index (χ0) is 12.3. The van der Waals surface area contributed by atoms with Crippen LogP contribution in [0.1, 0.15) is 24.1 Å². The summed E-state index contributed by atoms with van der Waals surface area (Å²) in [5, 5.41) is 11.5. The average Bonchev–Trinajstić information content (AvgIpc) is 2.83. The lowest BCUT2D eigenvalue weighted by molar-refractivity contribution is 0.317. The lowest BCUT2D eigenvalue weighted by Gasteiger charge is -2.20. The van der Waals surface area contributed by atoms with Gasteiger partial charge in [-0.2, -0.15) is 0 Å². The number of aryl methyl sites for hydroxylation is 1. The Labute approximate surface area is 100 Å². The van der Waals surface area contributed by atoms with Gasteiger partial charge < -0.3 is 15.8 Å². The van der Waals surface area contributed by atoms with Crippen molar-refractivity contribution in [1.82, 2.24) is 9.97 Å². The molecule has 1 heterocycles. The molecule has 17 heavy (non-hydrogen) atoms. The Hall–Kier alpha value is -1.85. The summed E-state index contributed by atoms with van der Waals surface area (Å²) in [5.74, 6) is 1.21. The number of hydrogen-bond acceptors (Lipinski definition) is 5. The first-order valence-corrected chi connectivity index (χ1v) is 5.72. The smallest absolute Gasteiger partial charge is 0.140 e. The highest BCUT2D eigenvalue weighted by atomic mass is 16.4. The van der Waals surface area contributed by atoms with Gasteiger partial charge in [-0.1, -0.05) is 5.16 Å². The monoisotopic (exact) mass is 235 g/mol. The highest BCUT2D eigenvalue weighted by Gasteiger charge is 2.19. The van der Waals surface area contributed by atoms with Crippen LogP contribution >= 0.6 is 0 Å². The average molecular weight is 235 g/mol. The molecule has 1 aromatic rings. The van der Waals surface area contributed by atoms with E-state index in [2.05, 4.69) is 15.1 Å². The Morgan fingerprint density at radius 1 is 1.53 bits per heavy atom. The number of anilines is 1. The number of rotatable bonds is 4. The molecule has 0 saturated carbocycles. The number of nitrogens with two attached hydrogens (primary N) is 1. The van der Waals surface area contributed by atoms with Crippen molar-refractivity contribution < 1.29 is 5.21 Å². The van der Waals surface area contributed by atoms with E-state index in [1.165, 1.54) is 5.56 Å². The summed E-state index contributed by atoms with van der Waals surface area (Å²) in [5.41, 5.74) is 7.86. The first-order chi connectivity index (χ1) is 8.22. The first kappa shape index (κ1) is 11.6. The molecule has 0 amide bonds. The maximum atomic E-state index is 8.49. The third-order valence-corrected chi connectivity index (χ3v) is 3.05. The largest absolute Gasteiger partial charge is 0.409 e. The molecule has 0 fully saturated rings. The highest BCUT2D eigenvalue weighted by molar-refractivity contribution is 5.80. The number of aromatic nitrogens is 2. The normalized spacial score (nSPS) is 14.8. The Bertz CT molecular complexity index is 432. The van der Waals surface area contributed by atoms with Gasteiger partial charge in [-0.3, -0.25) is 0 Å². The SMILES string of the molecule is CN(CCC(N)=NO)c1ncnc2c1CCC2. The van der Waals surface area contributed by atoms with E-state index in [1.54, 1.807) is 6.33 Å². The molecule has 2 rings (SSSR count). The summed E-state index contributed by atoms with van der Waals surface area (Å²) in [7, 11) is 1.96. The van der Waals surface area contributed by atoms with Gasteiger partial charge in [0.25, 0.3) is 0 Å². The van der Waals surface area contributed by atoms with E-state index >= 15 is 0 Å². The number of fused-ring (bicyclic) bond motifs is 1. The number of hydrogen-bond donors (Lipinski definition) is 2. The third kappa shape index (κ3) is 2.46. The van der Waals surface area contributed by atoms with Gasteiger partial charge in [0.15, 0.2) is 0 Å². The van der Waals surface area contributed by atoms with Gasteiger partial charge in [0.05, 0.1) is 0 Å². The number of oxime groups is 1. The van der Waals surface area contributed by atoms with Crippen LogP contribution in [0.25, 0.3) is 0 Å². The minimum atomic E-state index is 0.238. The minimum absolute atomic E-state index is 0.238. The van der Waals surface area contributed by atoms with Crippen LogP contribution in [-0.2, 0) is 12.8 Å². The van der Waals surface area contributed by atoms with Crippen molar-refractivity contribution in [3.63, 3.8) is 0 Å². The molecule has 0 saturated heterocycles. The molecular weight excluding hydrogens is 218 g/mol. The predicted molar refractivity (Wildman–Crippen MR) is 65.4 cm³/mol. The van der Waals surface area contributed by atoms with Crippen molar-refractivity contribution in [3.05, 3.63) is 17.6 Å². The zero-order valence-corrected chi connectivity index (χ0v) is 9.93. The second-order valence-electron chi connectivity index (χ2n) is 4.24. The second-order valence-corrected chi connectivity index (χ2v) is 4.24. The van der Waals surface area contributed by atoms with E-state index in [1.807, 2.05) is 11.9 Å². The Morgan fingerprint density at radius 2 is 2.35 bits per heavy atom. The van der Waals surface area contributed by atoms with Crippen molar-refractivity contribution in [3.8, 4) is 0 Å². The molecule has 0 atom stereocenters. The predicted octanol–water partition coefficient (Wildman–Crippen LogP) is 0.538. The van der Waals surface area contributed by atoms with Crippen LogP contribution in [0.4, 0.5) is 5.82 Å². The van der Waals surface area contributed by atoms with Crippen molar-refractivity contribution in [1.29, 1.82) is 0 Å². The van der Waals surface area contributed by atoms with Crippen molar-refractivity contribution in [2.75, 3.05) is 18.5 Å². The van der Waals surface area contributed by atoms with Crippen LogP contribution in [0.15, 0.2) is 11.5 Å². The van der Waals surface area contributed by atoms with Gasteiger partial charge in [-0.05, 0) is 19.3 Å². The lowest BCUT2D eigenvalue weighted by Crippen LogP contribution is -2.26. The molecule has 0 bridgehead atoms. The molecule has 1 aliphatic rings. The summed E-state index contributed by atoms with van der Waals surface area (Å²) < 4.78 is 0. The van der Waals surface area contributed by atoms with Crippen molar-refractivity contribution >= 4 is 11.7 Å². The molecule has 0 radical (unpaired) electrons. The van der Waals surface area contributed by atoms with Gasteiger partial charge in [-0.25, -0.2) is 9.97 Å². The third-order valence-electron chi connectivity index (χ3n) is 3.05.